The molecule has 0 aliphatic carbocycles. The number of nitrogens with zero attached hydrogens (tertiary/aromatic N) is 1. The molecule has 0 bridgehead atoms. The van der Waals surface area contributed by atoms with Gasteiger partial charge < -0.3 is 20.4 Å². The van der Waals surface area contributed by atoms with Gasteiger partial charge in [-0.1, -0.05) is 37.8 Å². The third-order valence-corrected chi connectivity index (χ3v) is 5.49. The topological polar surface area (TPSA) is 89.9 Å². The molecular formula is C26H31FN2O4. The lowest BCUT2D eigenvalue weighted by atomic mass is 9.91. The molecule has 0 fully saturated rings. The molecule has 176 valence electrons. The van der Waals surface area contributed by atoms with Gasteiger partial charge in [-0.25, -0.2) is 4.39 Å². The van der Waals surface area contributed by atoms with E-state index < -0.39 is 36.2 Å². The minimum atomic E-state index is -1.17. The Morgan fingerprint density at radius 3 is 2.52 bits per heavy atom. The number of carbonyl (C=O) groups excluding carboxylic acids is 1. The van der Waals surface area contributed by atoms with Crippen LogP contribution in [-0.2, 0) is 9.59 Å². The maximum absolute atomic E-state index is 15.3. The first kappa shape index (κ1) is 25.6. The molecule has 7 heteroatoms. The molecule has 0 unspecified atom stereocenters. The Hall–Kier alpha value is -3.61. The lowest BCUT2D eigenvalue weighted by Gasteiger charge is -2.31. The highest BCUT2D eigenvalue weighted by molar-refractivity contribution is 5.85. The number of carboxylic acid groups (broad SMARTS) is 1. The fourth-order valence-corrected chi connectivity index (χ4v) is 3.81. The summed E-state index contributed by atoms with van der Waals surface area (Å²) in [5.41, 5.74) is 2.21. The van der Waals surface area contributed by atoms with E-state index in [1.807, 2.05) is 26.0 Å². The first-order valence-electron chi connectivity index (χ1n) is 10.7. The summed E-state index contributed by atoms with van der Waals surface area (Å²) >= 11 is 0. The van der Waals surface area contributed by atoms with E-state index in [-0.39, 0.29) is 16.9 Å². The summed E-state index contributed by atoms with van der Waals surface area (Å²) in [5.74, 6) is -2.15. The Balaban J connectivity index is 2.63. The molecule has 1 amide bonds. The zero-order valence-electron chi connectivity index (χ0n) is 19.4. The van der Waals surface area contributed by atoms with Gasteiger partial charge in [0.25, 0.3) is 0 Å². The number of nitrogens with one attached hydrogen (secondary N) is 1. The monoisotopic (exact) mass is 454 g/mol. The van der Waals surface area contributed by atoms with Crippen molar-refractivity contribution in [3.63, 3.8) is 0 Å². The Labute approximate surface area is 194 Å². The zero-order valence-corrected chi connectivity index (χ0v) is 19.4. The van der Waals surface area contributed by atoms with E-state index in [4.69, 9.17) is 0 Å². The number of amides is 1. The second-order valence-electron chi connectivity index (χ2n) is 7.91. The Bertz CT molecular complexity index is 1040. The van der Waals surface area contributed by atoms with E-state index in [0.717, 1.165) is 5.56 Å². The molecule has 3 N–H and O–H groups in total. The SMILES string of the molecule is C=CN[C@@H](/C=C/CC)C(=O)N(C)[C@@H](CC(=O)O)c1cc(-c2c(C)cccc2O)cc(C)c1F. The minimum Gasteiger partial charge on any atom is -0.507 e. The molecule has 2 aromatic rings. The predicted molar refractivity (Wildman–Crippen MR) is 127 cm³/mol. The van der Waals surface area contributed by atoms with E-state index in [1.54, 1.807) is 25.1 Å². The summed E-state index contributed by atoms with van der Waals surface area (Å²) < 4.78 is 15.3. The summed E-state index contributed by atoms with van der Waals surface area (Å²) in [5, 5.41) is 22.8. The third kappa shape index (κ3) is 6.00. The van der Waals surface area contributed by atoms with Gasteiger partial charge in [-0.05, 0) is 61.4 Å². The average molecular weight is 455 g/mol. The van der Waals surface area contributed by atoms with Crippen LogP contribution >= 0.6 is 0 Å². The summed E-state index contributed by atoms with van der Waals surface area (Å²) in [7, 11) is 1.46. The summed E-state index contributed by atoms with van der Waals surface area (Å²) in [6.07, 6.45) is 5.09. The van der Waals surface area contributed by atoms with Gasteiger partial charge in [0, 0.05) is 18.2 Å². The van der Waals surface area contributed by atoms with Gasteiger partial charge in [0.05, 0.1) is 12.5 Å². The first-order chi connectivity index (χ1) is 15.6. The smallest absolute Gasteiger partial charge is 0.305 e. The number of benzene rings is 2. The number of halogens is 1. The van der Waals surface area contributed by atoms with Crippen LogP contribution in [0.4, 0.5) is 4.39 Å². The fraction of sp³-hybridized carbons (Fsp3) is 0.308. The number of phenolic OH excluding ortho intramolecular Hbond substituents is 1. The van der Waals surface area contributed by atoms with Gasteiger partial charge in [0.1, 0.15) is 17.6 Å². The molecule has 0 radical (unpaired) electrons. The zero-order chi connectivity index (χ0) is 24.7. The number of hydrogen-bond acceptors (Lipinski definition) is 4. The van der Waals surface area contributed by atoms with Crippen molar-refractivity contribution in [2.45, 2.75) is 45.7 Å². The molecule has 0 saturated heterocycles. The predicted octanol–water partition coefficient (Wildman–Crippen LogP) is 4.86. The fourth-order valence-electron chi connectivity index (χ4n) is 3.81. The van der Waals surface area contributed by atoms with Crippen molar-refractivity contribution in [1.29, 1.82) is 0 Å². The standard InChI is InChI=1S/C26H31FN2O4/c1-6-8-11-20(28-7-2)26(33)29(5)21(15-23(31)32)19-14-18(13-17(4)25(19)27)24-16(3)10-9-12-22(24)30/h7-14,20-21,28,30H,2,6,15H2,1,3-5H3,(H,31,32)/b11-8+/t20-,21-/m0/s1. The van der Waals surface area contributed by atoms with Crippen molar-refractivity contribution in [2.75, 3.05) is 7.05 Å². The molecule has 2 rings (SSSR count). The van der Waals surface area contributed by atoms with E-state index in [0.29, 0.717) is 17.5 Å². The third-order valence-electron chi connectivity index (χ3n) is 5.49. The van der Waals surface area contributed by atoms with Crippen LogP contribution < -0.4 is 5.32 Å². The number of carbonyl (C=O) groups is 2. The number of aliphatic carboxylic acids is 1. The van der Waals surface area contributed by atoms with Crippen LogP contribution in [-0.4, -0.2) is 40.1 Å². The Morgan fingerprint density at radius 2 is 1.94 bits per heavy atom. The van der Waals surface area contributed by atoms with Crippen LogP contribution in [0.1, 0.15) is 42.5 Å². The molecular weight excluding hydrogens is 423 g/mol. The van der Waals surface area contributed by atoms with Crippen LogP contribution in [0, 0.1) is 19.7 Å². The number of aryl methyl sites for hydroxylation is 2. The van der Waals surface area contributed by atoms with E-state index in [9.17, 15) is 19.8 Å². The molecule has 0 saturated carbocycles. The number of allylic oxidation sites excluding steroid dienone is 1. The number of rotatable bonds is 10. The number of aromatic hydroxyl groups is 1. The molecule has 0 spiro atoms. The molecule has 6 nitrogen and oxygen atoms in total. The normalized spacial score (nSPS) is 12.9. The highest BCUT2D eigenvalue weighted by atomic mass is 19.1. The van der Waals surface area contributed by atoms with Gasteiger partial charge in [-0.15, -0.1) is 0 Å². The van der Waals surface area contributed by atoms with Gasteiger partial charge in [0.2, 0.25) is 5.91 Å². The first-order valence-corrected chi connectivity index (χ1v) is 10.7. The number of phenols is 1. The van der Waals surface area contributed by atoms with Gasteiger partial charge in [-0.2, -0.15) is 0 Å². The van der Waals surface area contributed by atoms with Crippen molar-refractivity contribution in [3.8, 4) is 16.9 Å². The molecule has 33 heavy (non-hydrogen) atoms. The van der Waals surface area contributed by atoms with Crippen LogP contribution in [0.5, 0.6) is 5.75 Å². The maximum atomic E-state index is 15.3. The average Bonchev–Trinajstić information content (AvgIpc) is 2.76. The van der Waals surface area contributed by atoms with Crippen molar-refractivity contribution in [2.24, 2.45) is 0 Å². The molecule has 0 aliphatic heterocycles. The van der Waals surface area contributed by atoms with Gasteiger partial charge >= 0.3 is 5.97 Å². The molecule has 2 atom stereocenters. The second-order valence-corrected chi connectivity index (χ2v) is 7.91. The largest absolute Gasteiger partial charge is 0.507 e. The highest BCUT2D eigenvalue weighted by Crippen LogP contribution is 2.37. The minimum absolute atomic E-state index is 0.0334. The van der Waals surface area contributed by atoms with Crippen molar-refractivity contribution in [1.82, 2.24) is 10.2 Å². The quantitative estimate of drug-likeness (QED) is 0.446. The van der Waals surface area contributed by atoms with E-state index >= 15 is 4.39 Å². The van der Waals surface area contributed by atoms with Gasteiger partial charge in [-0.3, -0.25) is 9.59 Å². The van der Waals surface area contributed by atoms with Crippen LogP contribution in [0.2, 0.25) is 0 Å². The van der Waals surface area contributed by atoms with Crippen molar-refractivity contribution >= 4 is 11.9 Å². The highest BCUT2D eigenvalue weighted by Gasteiger charge is 2.31. The van der Waals surface area contributed by atoms with Crippen molar-refractivity contribution in [3.05, 3.63) is 77.8 Å². The summed E-state index contributed by atoms with van der Waals surface area (Å²) in [6, 6.07) is 6.36. The molecule has 0 aliphatic rings. The summed E-state index contributed by atoms with van der Waals surface area (Å²) in [4.78, 5) is 26.1. The molecule has 0 heterocycles. The summed E-state index contributed by atoms with van der Waals surface area (Å²) in [6.45, 7) is 8.92. The van der Waals surface area contributed by atoms with Crippen molar-refractivity contribution < 1.29 is 24.2 Å². The lowest BCUT2D eigenvalue weighted by Crippen LogP contribution is -2.44. The maximum Gasteiger partial charge on any atom is 0.305 e. The van der Waals surface area contributed by atoms with E-state index in [2.05, 4.69) is 11.9 Å². The van der Waals surface area contributed by atoms with E-state index in [1.165, 1.54) is 30.3 Å². The Morgan fingerprint density at radius 1 is 1.24 bits per heavy atom. The van der Waals surface area contributed by atoms with Crippen LogP contribution in [0.3, 0.4) is 0 Å². The number of carboxylic acids is 1. The molecule has 0 aromatic heterocycles. The molecule has 2 aromatic carbocycles. The number of hydrogen-bond donors (Lipinski definition) is 3. The van der Waals surface area contributed by atoms with Crippen LogP contribution in [0.25, 0.3) is 11.1 Å². The number of likely N-dealkylation sites (N-methyl/N-ethyl adjacent to an activating group) is 1. The van der Waals surface area contributed by atoms with Crippen LogP contribution in [0.15, 0.2) is 55.3 Å². The Kier molecular flexibility index (Phi) is 8.79. The second kappa shape index (κ2) is 11.3. The lowest BCUT2D eigenvalue weighted by molar-refractivity contribution is -0.140. The van der Waals surface area contributed by atoms with Gasteiger partial charge in [0.15, 0.2) is 0 Å².